The summed E-state index contributed by atoms with van der Waals surface area (Å²) in [4.78, 5) is 13.4. The molecule has 1 heterocycles. The molecule has 0 N–H and O–H groups in total. The fourth-order valence-corrected chi connectivity index (χ4v) is 4.97. The van der Waals surface area contributed by atoms with Crippen molar-refractivity contribution in [3.8, 4) is 11.5 Å². The second-order valence-corrected chi connectivity index (χ2v) is 8.93. The first-order valence-corrected chi connectivity index (χ1v) is 11.0. The van der Waals surface area contributed by atoms with Crippen molar-refractivity contribution in [2.45, 2.75) is 18.4 Å². The number of hydrogen-bond acceptors (Lipinski definition) is 5. The lowest BCUT2D eigenvalue weighted by atomic mass is 10.2. The molecular weight excluding hydrogens is 416 g/mol. The van der Waals surface area contributed by atoms with E-state index in [-0.39, 0.29) is 22.3 Å². The van der Waals surface area contributed by atoms with Gasteiger partial charge in [0.05, 0.1) is 36.6 Å². The van der Waals surface area contributed by atoms with Crippen LogP contribution in [-0.2, 0) is 16.6 Å². The molecule has 0 aliphatic rings. The van der Waals surface area contributed by atoms with E-state index in [2.05, 4.69) is 0 Å². The molecular formula is C23H22N2O5S. The molecule has 31 heavy (non-hydrogen) atoms. The van der Waals surface area contributed by atoms with Crippen LogP contribution in [0.2, 0.25) is 0 Å². The minimum absolute atomic E-state index is 0.0537. The molecule has 0 aliphatic heterocycles. The molecule has 1 aromatic heterocycles. The molecule has 4 aromatic rings. The average Bonchev–Trinajstić information content (AvgIpc) is 3.05. The summed E-state index contributed by atoms with van der Waals surface area (Å²) in [5.41, 5.74) is 1.54. The molecule has 0 radical (unpaired) electrons. The van der Waals surface area contributed by atoms with Gasteiger partial charge in [-0.15, -0.1) is 0 Å². The summed E-state index contributed by atoms with van der Waals surface area (Å²) >= 11 is 0. The van der Waals surface area contributed by atoms with Crippen molar-refractivity contribution >= 4 is 20.9 Å². The van der Waals surface area contributed by atoms with Gasteiger partial charge in [-0.25, -0.2) is 4.68 Å². The van der Waals surface area contributed by atoms with Gasteiger partial charge in [-0.3, -0.25) is 4.79 Å². The number of aryl methyl sites for hydroxylation is 1. The van der Waals surface area contributed by atoms with Crippen LogP contribution in [0, 0.1) is 6.92 Å². The lowest BCUT2D eigenvalue weighted by Crippen LogP contribution is -2.28. The number of benzene rings is 3. The van der Waals surface area contributed by atoms with Crippen molar-refractivity contribution in [3.05, 3.63) is 88.2 Å². The molecule has 0 spiro atoms. The molecule has 0 bridgehead atoms. The van der Waals surface area contributed by atoms with Crippen molar-refractivity contribution in [3.63, 3.8) is 0 Å². The van der Waals surface area contributed by atoms with Crippen molar-refractivity contribution in [1.29, 1.82) is 0 Å². The highest BCUT2D eigenvalue weighted by molar-refractivity contribution is 7.90. The van der Waals surface area contributed by atoms with Crippen molar-refractivity contribution in [1.82, 2.24) is 8.77 Å². The van der Waals surface area contributed by atoms with E-state index in [4.69, 9.17) is 9.47 Å². The van der Waals surface area contributed by atoms with Crippen LogP contribution in [0.5, 0.6) is 11.5 Å². The summed E-state index contributed by atoms with van der Waals surface area (Å²) < 4.78 is 40.0. The SMILES string of the molecule is COc1cccc(Cn2c(=O)c3cc(OC)ccc3n2S(=O)(=O)c2ccc(C)cc2)c1. The second-order valence-electron chi connectivity index (χ2n) is 7.16. The molecule has 0 fully saturated rings. The van der Waals surface area contributed by atoms with Gasteiger partial charge in [0.2, 0.25) is 0 Å². The predicted octanol–water partition coefficient (Wildman–Crippen LogP) is 3.41. The Morgan fingerprint density at radius 3 is 2.23 bits per heavy atom. The normalized spacial score (nSPS) is 11.6. The van der Waals surface area contributed by atoms with Gasteiger partial charge in [0.25, 0.3) is 15.6 Å². The number of ether oxygens (including phenoxy) is 2. The van der Waals surface area contributed by atoms with Crippen LogP contribution in [0.15, 0.2) is 76.4 Å². The van der Waals surface area contributed by atoms with Crippen LogP contribution in [0.4, 0.5) is 0 Å². The molecule has 0 amide bonds. The standard InChI is InChI=1S/C23H22N2O5S/c1-16-7-10-20(11-8-16)31(27,28)25-22-12-9-19(30-3)14-21(22)23(26)24(25)15-17-5-4-6-18(13-17)29-2/h4-14H,15H2,1-3H3. The summed E-state index contributed by atoms with van der Waals surface area (Å²) in [6.07, 6.45) is 0. The van der Waals surface area contributed by atoms with E-state index < -0.39 is 15.6 Å². The van der Waals surface area contributed by atoms with Gasteiger partial charge in [0, 0.05) is 0 Å². The maximum absolute atomic E-state index is 13.6. The lowest BCUT2D eigenvalue weighted by Gasteiger charge is -2.14. The van der Waals surface area contributed by atoms with Gasteiger partial charge in [-0.1, -0.05) is 29.8 Å². The predicted molar refractivity (Wildman–Crippen MR) is 119 cm³/mol. The van der Waals surface area contributed by atoms with Crippen molar-refractivity contribution < 1.29 is 17.9 Å². The number of rotatable bonds is 6. The Bertz CT molecular complexity index is 1420. The summed E-state index contributed by atoms with van der Waals surface area (Å²) in [6, 6.07) is 18.5. The van der Waals surface area contributed by atoms with E-state index in [1.165, 1.54) is 11.8 Å². The molecule has 0 unspecified atom stereocenters. The Kier molecular flexibility index (Phi) is 5.32. The first kappa shape index (κ1) is 20.7. The van der Waals surface area contributed by atoms with Crippen molar-refractivity contribution in [2.75, 3.05) is 14.2 Å². The largest absolute Gasteiger partial charge is 0.497 e. The summed E-state index contributed by atoms with van der Waals surface area (Å²) in [6.45, 7) is 1.94. The highest BCUT2D eigenvalue weighted by Crippen LogP contribution is 2.24. The average molecular weight is 439 g/mol. The minimum Gasteiger partial charge on any atom is -0.497 e. The van der Waals surface area contributed by atoms with Gasteiger partial charge < -0.3 is 9.47 Å². The van der Waals surface area contributed by atoms with E-state index in [0.29, 0.717) is 11.5 Å². The summed E-state index contributed by atoms with van der Waals surface area (Å²) in [7, 11) is -0.992. The zero-order valence-electron chi connectivity index (χ0n) is 17.4. The van der Waals surface area contributed by atoms with Gasteiger partial charge in [-0.2, -0.15) is 12.5 Å². The number of fused-ring (bicyclic) bond motifs is 1. The van der Waals surface area contributed by atoms with E-state index in [9.17, 15) is 13.2 Å². The summed E-state index contributed by atoms with van der Waals surface area (Å²) in [5, 5.41) is 0.262. The summed E-state index contributed by atoms with van der Waals surface area (Å²) in [5.74, 6) is 1.10. The van der Waals surface area contributed by atoms with Crippen LogP contribution in [0.25, 0.3) is 10.9 Å². The highest BCUT2D eigenvalue weighted by Gasteiger charge is 2.26. The molecule has 8 heteroatoms. The van der Waals surface area contributed by atoms with Gasteiger partial charge in [0.15, 0.2) is 0 Å². The molecule has 4 rings (SSSR count). The minimum atomic E-state index is -4.04. The molecule has 3 aromatic carbocycles. The fraction of sp³-hybridized carbons (Fsp3) is 0.174. The van der Waals surface area contributed by atoms with E-state index in [0.717, 1.165) is 15.2 Å². The Morgan fingerprint density at radius 1 is 0.871 bits per heavy atom. The molecule has 0 aliphatic carbocycles. The van der Waals surface area contributed by atoms with Crippen LogP contribution in [0.3, 0.4) is 0 Å². The van der Waals surface area contributed by atoms with E-state index in [1.807, 2.05) is 13.0 Å². The van der Waals surface area contributed by atoms with Crippen LogP contribution >= 0.6 is 0 Å². The van der Waals surface area contributed by atoms with Crippen LogP contribution in [-0.4, -0.2) is 31.4 Å². The topological polar surface area (TPSA) is 79.5 Å². The fourth-order valence-electron chi connectivity index (χ4n) is 3.48. The molecule has 160 valence electrons. The van der Waals surface area contributed by atoms with Crippen LogP contribution in [0.1, 0.15) is 11.1 Å². The van der Waals surface area contributed by atoms with Gasteiger partial charge in [0.1, 0.15) is 11.5 Å². The lowest BCUT2D eigenvalue weighted by molar-refractivity contribution is 0.414. The number of methoxy groups -OCH3 is 2. The van der Waals surface area contributed by atoms with Gasteiger partial charge >= 0.3 is 0 Å². The first-order chi connectivity index (χ1) is 14.8. The maximum Gasteiger partial charge on any atom is 0.282 e. The molecule has 0 atom stereocenters. The number of aromatic nitrogens is 2. The Labute approximate surface area is 180 Å². The zero-order valence-corrected chi connectivity index (χ0v) is 18.2. The molecule has 7 nitrogen and oxygen atoms in total. The van der Waals surface area contributed by atoms with E-state index >= 15 is 0 Å². The number of hydrogen-bond donors (Lipinski definition) is 0. The number of nitrogens with zero attached hydrogens (tertiary/aromatic N) is 2. The second kappa shape index (κ2) is 7.96. The third-order valence-electron chi connectivity index (χ3n) is 5.11. The van der Waals surface area contributed by atoms with Crippen molar-refractivity contribution in [2.24, 2.45) is 0 Å². The van der Waals surface area contributed by atoms with Gasteiger partial charge in [-0.05, 0) is 55.0 Å². The zero-order chi connectivity index (χ0) is 22.2. The molecule has 0 saturated carbocycles. The van der Waals surface area contributed by atoms with Crippen LogP contribution < -0.4 is 15.0 Å². The monoisotopic (exact) mass is 438 g/mol. The third kappa shape index (κ3) is 3.70. The molecule has 0 saturated heterocycles. The Morgan fingerprint density at radius 2 is 1.55 bits per heavy atom. The van der Waals surface area contributed by atoms with E-state index in [1.54, 1.807) is 67.8 Å². The smallest absolute Gasteiger partial charge is 0.282 e. The Hall–Kier alpha value is -3.52. The maximum atomic E-state index is 13.6. The third-order valence-corrected chi connectivity index (χ3v) is 6.82. The first-order valence-electron chi connectivity index (χ1n) is 9.60. The Balaban J connectivity index is 1.99. The highest BCUT2D eigenvalue weighted by atomic mass is 32.2. The quantitative estimate of drug-likeness (QED) is 0.461.